The van der Waals surface area contributed by atoms with Crippen molar-refractivity contribution in [3.8, 4) is 39.5 Å². The first-order chi connectivity index (χ1) is 13.3. The summed E-state index contributed by atoms with van der Waals surface area (Å²) in [5.74, 6) is 0.268. The number of aromatic nitrogens is 2. The van der Waals surface area contributed by atoms with Gasteiger partial charge in [0.25, 0.3) is 0 Å². The van der Waals surface area contributed by atoms with Gasteiger partial charge in [-0.25, -0.2) is 4.98 Å². The van der Waals surface area contributed by atoms with Crippen LogP contribution in [0.2, 0.25) is 0 Å². The SMILES string of the molecule is Oc1ccc(-c2csc3nc(-c4ccccc4)c(-c4ccccc4)n23)cc1. The maximum absolute atomic E-state index is 9.64. The number of imidazole rings is 1. The van der Waals surface area contributed by atoms with Crippen LogP contribution in [0.15, 0.2) is 90.3 Å². The quantitative estimate of drug-likeness (QED) is 0.418. The van der Waals surface area contributed by atoms with Gasteiger partial charge in [0.1, 0.15) is 5.75 Å². The van der Waals surface area contributed by atoms with Gasteiger partial charge in [0.15, 0.2) is 4.96 Å². The molecule has 27 heavy (non-hydrogen) atoms. The third kappa shape index (κ3) is 2.71. The Bertz CT molecular complexity index is 1210. The van der Waals surface area contributed by atoms with Crippen molar-refractivity contribution < 1.29 is 5.11 Å². The number of aromatic hydroxyl groups is 1. The first-order valence-corrected chi connectivity index (χ1v) is 9.59. The molecule has 0 radical (unpaired) electrons. The van der Waals surface area contributed by atoms with Gasteiger partial charge in [-0.05, 0) is 29.8 Å². The predicted octanol–water partition coefficient (Wildman–Crippen LogP) is 6.10. The minimum atomic E-state index is 0.268. The number of nitrogens with zero attached hydrogens (tertiary/aromatic N) is 2. The predicted molar refractivity (Wildman–Crippen MR) is 111 cm³/mol. The van der Waals surface area contributed by atoms with Gasteiger partial charge < -0.3 is 5.11 Å². The van der Waals surface area contributed by atoms with Gasteiger partial charge in [0.2, 0.25) is 0 Å². The Labute approximate surface area is 160 Å². The van der Waals surface area contributed by atoms with Crippen LogP contribution in [0.3, 0.4) is 0 Å². The lowest BCUT2D eigenvalue weighted by Crippen LogP contribution is -1.91. The average Bonchev–Trinajstić information content (AvgIpc) is 3.29. The van der Waals surface area contributed by atoms with Gasteiger partial charge in [-0.1, -0.05) is 60.7 Å². The van der Waals surface area contributed by atoms with E-state index in [2.05, 4.69) is 46.2 Å². The number of rotatable bonds is 3. The number of fused-ring (bicyclic) bond motifs is 1. The Balaban J connectivity index is 1.83. The van der Waals surface area contributed by atoms with Gasteiger partial charge in [0.05, 0.1) is 17.1 Å². The highest BCUT2D eigenvalue weighted by atomic mass is 32.1. The van der Waals surface area contributed by atoms with E-state index in [-0.39, 0.29) is 5.75 Å². The van der Waals surface area contributed by atoms with Crippen molar-refractivity contribution in [2.24, 2.45) is 0 Å². The molecule has 2 aromatic heterocycles. The van der Waals surface area contributed by atoms with E-state index in [0.717, 1.165) is 38.7 Å². The van der Waals surface area contributed by atoms with Crippen LogP contribution in [-0.2, 0) is 0 Å². The minimum absolute atomic E-state index is 0.268. The first kappa shape index (κ1) is 15.9. The summed E-state index contributed by atoms with van der Waals surface area (Å²) in [6.45, 7) is 0. The van der Waals surface area contributed by atoms with Crippen molar-refractivity contribution >= 4 is 16.3 Å². The Morgan fingerprint density at radius 2 is 1.33 bits per heavy atom. The number of thiazole rings is 1. The molecule has 0 bridgehead atoms. The number of hydrogen-bond acceptors (Lipinski definition) is 3. The highest BCUT2D eigenvalue weighted by Gasteiger charge is 2.20. The number of phenols is 1. The second-order valence-corrected chi connectivity index (χ2v) is 7.16. The van der Waals surface area contributed by atoms with Crippen molar-refractivity contribution in [1.82, 2.24) is 9.38 Å². The van der Waals surface area contributed by atoms with Crippen molar-refractivity contribution in [3.05, 3.63) is 90.3 Å². The molecule has 5 rings (SSSR count). The fourth-order valence-corrected chi connectivity index (χ4v) is 4.25. The highest BCUT2D eigenvalue weighted by molar-refractivity contribution is 7.15. The molecule has 0 atom stereocenters. The third-order valence-electron chi connectivity index (χ3n) is 4.62. The van der Waals surface area contributed by atoms with Crippen molar-refractivity contribution in [2.75, 3.05) is 0 Å². The molecule has 3 nitrogen and oxygen atoms in total. The molecule has 5 aromatic rings. The van der Waals surface area contributed by atoms with E-state index in [9.17, 15) is 5.11 Å². The van der Waals surface area contributed by atoms with Crippen LogP contribution >= 0.6 is 11.3 Å². The molecule has 0 saturated heterocycles. The van der Waals surface area contributed by atoms with Crippen LogP contribution in [0.5, 0.6) is 5.75 Å². The van der Waals surface area contributed by atoms with E-state index in [1.165, 1.54) is 0 Å². The average molecular weight is 368 g/mol. The highest BCUT2D eigenvalue weighted by Crippen LogP contribution is 2.38. The van der Waals surface area contributed by atoms with E-state index in [1.807, 2.05) is 36.4 Å². The van der Waals surface area contributed by atoms with Crippen LogP contribution in [0.4, 0.5) is 0 Å². The summed E-state index contributed by atoms with van der Waals surface area (Å²) in [7, 11) is 0. The molecule has 0 aliphatic rings. The van der Waals surface area contributed by atoms with Gasteiger partial charge in [-0.3, -0.25) is 4.40 Å². The van der Waals surface area contributed by atoms with E-state index >= 15 is 0 Å². The standard InChI is InChI=1S/C23H16N2OS/c26-19-13-11-16(12-14-19)20-15-27-23-24-21(17-7-3-1-4-8-17)22(25(20)23)18-9-5-2-6-10-18/h1-15,26H. The van der Waals surface area contributed by atoms with Crippen LogP contribution in [0, 0.1) is 0 Å². The largest absolute Gasteiger partial charge is 0.508 e. The zero-order valence-electron chi connectivity index (χ0n) is 14.4. The molecule has 0 unspecified atom stereocenters. The molecule has 0 aliphatic heterocycles. The van der Waals surface area contributed by atoms with Crippen LogP contribution in [0.25, 0.3) is 38.7 Å². The molecule has 0 aliphatic carbocycles. The Morgan fingerprint density at radius 1 is 0.704 bits per heavy atom. The summed E-state index contributed by atoms with van der Waals surface area (Å²) in [5.41, 5.74) is 6.41. The smallest absolute Gasteiger partial charge is 0.195 e. The van der Waals surface area contributed by atoms with E-state index in [1.54, 1.807) is 23.5 Å². The van der Waals surface area contributed by atoms with Crippen LogP contribution in [-0.4, -0.2) is 14.5 Å². The molecule has 1 N–H and O–H groups in total. The fourth-order valence-electron chi connectivity index (χ4n) is 3.35. The third-order valence-corrected chi connectivity index (χ3v) is 5.45. The molecule has 0 amide bonds. The molecule has 3 aromatic carbocycles. The maximum atomic E-state index is 9.64. The summed E-state index contributed by atoms with van der Waals surface area (Å²) < 4.78 is 2.22. The zero-order chi connectivity index (χ0) is 18.2. The van der Waals surface area contributed by atoms with Gasteiger partial charge in [-0.2, -0.15) is 0 Å². The molecule has 0 spiro atoms. The van der Waals surface area contributed by atoms with E-state index in [0.29, 0.717) is 0 Å². The molecule has 2 heterocycles. The van der Waals surface area contributed by atoms with Crippen LogP contribution in [0.1, 0.15) is 0 Å². The number of hydrogen-bond donors (Lipinski definition) is 1. The summed E-state index contributed by atoms with van der Waals surface area (Å²) in [5, 5.41) is 11.8. The summed E-state index contributed by atoms with van der Waals surface area (Å²) >= 11 is 1.63. The topological polar surface area (TPSA) is 37.5 Å². The van der Waals surface area contributed by atoms with E-state index < -0.39 is 0 Å². The molecular weight excluding hydrogens is 352 g/mol. The Kier molecular flexibility index (Phi) is 3.77. The Morgan fingerprint density at radius 3 is 2.00 bits per heavy atom. The molecule has 4 heteroatoms. The maximum Gasteiger partial charge on any atom is 0.195 e. The second-order valence-electron chi connectivity index (χ2n) is 6.33. The van der Waals surface area contributed by atoms with Gasteiger partial charge >= 0.3 is 0 Å². The summed E-state index contributed by atoms with van der Waals surface area (Å²) in [6.07, 6.45) is 0. The van der Waals surface area contributed by atoms with E-state index in [4.69, 9.17) is 4.98 Å². The number of phenolic OH excluding ortho intramolecular Hbond substituents is 1. The Hall–Kier alpha value is -3.37. The fraction of sp³-hybridized carbons (Fsp3) is 0. The lowest BCUT2D eigenvalue weighted by molar-refractivity contribution is 0.475. The summed E-state index contributed by atoms with van der Waals surface area (Å²) in [6, 6.07) is 28.0. The van der Waals surface area contributed by atoms with Gasteiger partial charge in [-0.15, -0.1) is 11.3 Å². The van der Waals surface area contributed by atoms with Crippen molar-refractivity contribution in [3.63, 3.8) is 0 Å². The molecule has 0 saturated carbocycles. The lowest BCUT2D eigenvalue weighted by atomic mass is 10.0. The van der Waals surface area contributed by atoms with Gasteiger partial charge in [0, 0.05) is 16.5 Å². The molecule has 0 fully saturated rings. The molecule has 130 valence electrons. The number of benzene rings is 3. The minimum Gasteiger partial charge on any atom is -0.508 e. The van der Waals surface area contributed by atoms with Crippen LogP contribution < -0.4 is 0 Å². The van der Waals surface area contributed by atoms with Crippen molar-refractivity contribution in [1.29, 1.82) is 0 Å². The first-order valence-electron chi connectivity index (χ1n) is 8.71. The van der Waals surface area contributed by atoms with Crippen molar-refractivity contribution in [2.45, 2.75) is 0 Å². The second kappa shape index (κ2) is 6.41. The monoisotopic (exact) mass is 368 g/mol. The summed E-state index contributed by atoms with van der Waals surface area (Å²) in [4.78, 5) is 5.91. The zero-order valence-corrected chi connectivity index (χ0v) is 15.2. The lowest BCUT2D eigenvalue weighted by Gasteiger charge is -2.08. The normalized spacial score (nSPS) is 11.1. The molecular formula is C23H16N2OS.